The molecule has 1 N–H and O–H groups in total. The number of amides is 1. The van der Waals surface area contributed by atoms with Gasteiger partial charge in [-0.1, -0.05) is 35.8 Å². The van der Waals surface area contributed by atoms with Gasteiger partial charge in [0.25, 0.3) is 11.5 Å². The second kappa shape index (κ2) is 13.0. The van der Waals surface area contributed by atoms with Crippen LogP contribution in [0.15, 0.2) is 71.8 Å². The number of hydrogen-bond acceptors (Lipinski definition) is 6. The number of benzene rings is 3. The maximum atomic E-state index is 13.4. The van der Waals surface area contributed by atoms with E-state index in [1.165, 1.54) is 29.1 Å². The summed E-state index contributed by atoms with van der Waals surface area (Å²) >= 11 is 10.5. The van der Waals surface area contributed by atoms with Crippen molar-refractivity contribution in [3.63, 3.8) is 0 Å². The maximum absolute atomic E-state index is 13.4. The van der Waals surface area contributed by atoms with Gasteiger partial charge in [0.1, 0.15) is 11.6 Å². The van der Waals surface area contributed by atoms with Gasteiger partial charge in [-0.15, -0.1) is 0 Å². The fourth-order valence-corrected chi connectivity index (χ4v) is 5.06. The number of nitrogens with one attached hydrogen (secondary N) is 1. The monoisotopic (exact) mass is 736 g/mol. The minimum atomic E-state index is -0.474. The normalized spacial score (nSPS) is 11.4. The number of rotatable bonds is 9. The number of aromatic nitrogens is 2. The van der Waals surface area contributed by atoms with Crippen LogP contribution in [-0.4, -0.2) is 35.0 Å². The van der Waals surface area contributed by atoms with Crippen LogP contribution in [0.5, 0.6) is 11.5 Å². The highest BCUT2D eigenvalue weighted by Crippen LogP contribution is 2.42. The van der Waals surface area contributed by atoms with Crippen molar-refractivity contribution in [2.45, 2.75) is 26.7 Å². The lowest BCUT2D eigenvalue weighted by atomic mass is 10.2. The topological polar surface area (TPSA) is 94.8 Å². The van der Waals surface area contributed by atoms with Gasteiger partial charge in [0, 0.05) is 26.1 Å². The molecule has 1 amide bonds. The van der Waals surface area contributed by atoms with E-state index < -0.39 is 11.7 Å². The van der Waals surface area contributed by atoms with Crippen molar-refractivity contribution in [2.24, 2.45) is 5.10 Å². The SMILES string of the molecule is CCOc1cc(C=Nn2c(C(C)C)nc3ccc(Br)cc3c2=O)c(Br)c(Br)c1OCC(=O)Nc1cccc(F)c1. The smallest absolute Gasteiger partial charge is 0.282 e. The highest BCUT2D eigenvalue weighted by molar-refractivity contribution is 9.13. The zero-order chi connectivity index (χ0) is 29.0. The van der Waals surface area contributed by atoms with Crippen molar-refractivity contribution in [3.8, 4) is 11.5 Å². The molecule has 0 fully saturated rings. The molecule has 0 unspecified atom stereocenters. The molecule has 0 spiro atoms. The summed E-state index contributed by atoms with van der Waals surface area (Å²) in [4.78, 5) is 30.5. The summed E-state index contributed by atoms with van der Waals surface area (Å²) in [6, 6.07) is 12.6. The Labute approximate surface area is 255 Å². The van der Waals surface area contributed by atoms with Crippen LogP contribution in [0, 0.1) is 5.82 Å². The van der Waals surface area contributed by atoms with Crippen LogP contribution in [-0.2, 0) is 4.79 Å². The van der Waals surface area contributed by atoms with Crippen molar-refractivity contribution < 1.29 is 18.7 Å². The van der Waals surface area contributed by atoms with Gasteiger partial charge in [-0.05, 0) is 81.2 Å². The van der Waals surface area contributed by atoms with Crippen molar-refractivity contribution in [1.29, 1.82) is 0 Å². The van der Waals surface area contributed by atoms with Crippen LogP contribution in [0.3, 0.4) is 0 Å². The fraction of sp³-hybridized carbons (Fsp3) is 0.214. The number of hydrogen-bond donors (Lipinski definition) is 1. The van der Waals surface area contributed by atoms with Gasteiger partial charge in [0.15, 0.2) is 18.1 Å². The Morgan fingerprint density at radius 1 is 1.12 bits per heavy atom. The molecule has 0 aliphatic heterocycles. The van der Waals surface area contributed by atoms with Crippen LogP contribution in [0.2, 0.25) is 0 Å². The number of ether oxygens (including phenoxy) is 2. The highest BCUT2D eigenvalue weighted by atomic mass is 79.9. The number of nitrogens with zero attached hydrogens (tertiary/aromatic N) is 3. The van der Waals surface area contributed by atoms with Gasteiger partial charge < -0.3 is 14.8 Å². The number of fused-ring (bicyclic) bond motifs is 1. The molecule has 0 saturated heterocycles. The van der Waals surface area contributed by atoms with E-state index in [2.05, 4.69) is 63.2 Å². The molecule has 0 aliphatic carbocycles. The molecule has 0 aliphatic rings. The van der Waals surface area contributed by atoms with E-state index in [-0.39, 0.29) is 23.8 Å². The molecule has 8 nitrogen and oxygen atoms in total. The average Bonchev–Trinajstić information content (AvgIpc) is 2.90. The zero-order valence-electron chi connectivity index (χ0n) is 21.7. The summed E-state index contributed by atoms with van der Waals surface area (Å²) in [5, 5.41) is 7.52. The molecule has 4 aromatic rings. The highest BCUT2D eigenvalue weighted by Gasteiger charge is 2.19. The van der Waals surface area contributed by atoms with E-state index in [1.54, 1.807) is 24.3 Å². The lowest BCUT2D eigenvalue weighted by Crippen LogP contribution is -2.23. The summed E-state index contributed by atoms with van der Waals surface area (Å²) in [6.45, 7) is 5.68. The van der Waals surface area contributed by atoms with Gasteiger partial charge in [-0.25, -0.2) is 9.37 Å². The van der Waals surface area contributed by atoms with Gasteiger partial charge in [-0.3, -0.25) is 9.59 Å². The van der Waals surface area contributed by atoms with Gasteiger partial charge >= 0.3 is 0 Å². The Bertz CT molecular complexity index is 1670. The molecule has 4 rings (SSSR count). The summed E-state index contributed by atoms with van der Waals surface area (Å²) in [6.07, 6.45) is 1.52. The third-order valence-corrected chi connectivity index (χ3v) is 8.21. The first kappa shape index (κ1) is 29.9. The molecular weight excluding hydrogens is 715 g/mol. The predicted octanol–water partition coefficient (Wildman–Crippen LogP) is 7.24. The third-order valence-electron chi connectivity index (χ3n) is 5.57. The Kier molecular flexibility index (Phi) is 9.75. The molecule has 0 atom stereocenters. The minimum Gasteiger partial charge on any atom is -0.490 e. The molecule has 1 aromatic heterocycles. The first-order chi connectivity index (χ1) is 19.1. The Morgan fingerprint density at radius 2 is 1.90 bits per heavy atom. The Balaban J connectivity index is 1.66. The molecule has 208 valence electrons. The van der Waals surface area contributed by atoms with Gasteiger partial charge in [-0.2, -0.15) is 9.78 Å². The first-order valence-electron chi connectivity index (χ1n) is 12.2. The van der Waals surface area contributed by atoms with Crippen LogP contribution in [0.4, 0.5) is 10.1 Å². The second-order valence-electron chi connectivity index (χ2n) is 8.85. The predicted molar refractivity (Wildman–Crippen MR) is 164 cm³/mol. The van der Waals surface area contributed by atoms with E-state index in [0.29, 0.717) is 49.3 Å². The molecule has 40 heavy (non-hydrogen) atoms. The first-order valence-corrected chi connectivity index (χ1v) is 14.6. The van der Waals surface area contributed by atoms with Crippen molar-refractivity contribution in [2.75, 3.05) is 18.5 Å². The zero-order valence-corrected chi connectivity index (χ0v) is 26.4. The molecule has 0 saturated carbocycles. The molecule has 0 radical (unpaired) electrons. The lowest BCUT2D eigenvalue weighted by molar-refractivity contribution is -0.118. The molecule has 3 aromatic carbocycles. The molecule has 0 bridgehead atoms. The Hall–Kier alpha value is -3.09. The standard InChI is InChI=1S/C28H24Br3FN4O4/c1-4-39-22-10-16(13-33-36-27(15(2)3)35-21-9-8-17(29)11-20(21)28(36)38)24(30)25(31)26(22)40-14-23(37)34-19-7-5-6-18(32)12-19/h5-13,15H,4,14H2,1-3H3,(H,34,37). The van der Waals surface area contributed by atoms with E-state index in [1.807, 2.05) is 26.8 Å². The van der Waals surface area contributed by atoms with Crippen LogP contribution < -0.4 is 20.3 Å². The molecule has 1 heterocycles. The van der Waals surface area contributed by atoms with E-state index in [0.717, 1.165) is 4.47 Å². The summed E-state index contributed by atoms with van der Waals surface area (Å²) in [5.74, 6) is 0.156. The van der Waals surface area contributed by atoms with Crippen LogP contribution >= 0.6 is 47.8 Å². The quantitative estimate of drug-likeness (QED) is 0.183. The van der Waals surface area contributed by atoms with E-state index in [9.17, 15) is 14.0 Å². The van der Waals surface area contributed by atoms with Crippen molar-refractivity contribution in [1.82, 2.24) is 9.66 Å². The van der Waals surface area contributed by atoms with E-state index in [4.69, 9.17) is 9.47 Å². The lowest BCUT2D eigenvalue weighted by Gasteiger charge is -2.16. The van der Waals surface area contributed by atoms with Crippen LogP contribution in [0.1, 0.15) is 38.1 Å². The second-order valence-corrected chi connectivity index (χ2v) is 11.4. The third kappa shape index (κ3) is 6.79. The average molecular weight is 739 g/mol. The number of anilines is 1. The fourth-order valence-electron chi connectivity index (χ4n) is 3.77. The largest absolute Gasteiger partial charge is 0.490 e. The number of carbonyl (C=O) groups excluding carboxylic acids is 1. The Morgan fingerprint density at radius 3 is 2.60 bits per heavy atom. The van der Waals surface area contributed by atoms with Crippen LogP contribution in [0.25, 0.3) is 10.9 Å². The summed E-state index contributed by atoms with van der Waals surface area (Å²) in [5.41, 5.74) is 1.20. The number of carbonyl (C=O) groups is 1. The van der Waals surface area contributed by atoms with Crippen molar-refractivity contribution >= 4 is 76.5 Å². The summed E-state index contributed by atoms with van der Waals surface area (Å²) in [7, 11) is 0. The van der Waals surface area contributed by atoms with Gasteiger partial charge in [0.05, 0.1) is 28.2 Å². The summed E-state index contributed by atoms with van der Waals surface area (Å²) < 4.78 is 28.1. The molecular formula is C28H24Br3FN4O4. The maximum Gasteiger partial charge on any atom is 0.282 e. The van der Waals surface area contributed by atoms with Gasteiger partial charge in [0.2, 0.25) is 0 Å². The number of halogens is 4. The van der Waals surface area contributed by atoms with Crippen molar-refractivity contribution in [3.05, 3.63) is 89.5 Å². The molecule has 12 heteroatoms. The van der Waals surface area contributed by atoms with E-state index >= 15 is 0 Å². The minimum absolute atomic E-state index is 0.0682.